The molecule has 4 nitrogen and oxygen atoms in total. The van der Waals surface area contributed by atoms with Crippen LogP contribution in [-0.2, 0) is 4.79 Å². The lowest BCUT2D eigenvalue weighted by atomic mass is 10.2. The van der Waals surface area contributed by atoms with E-state index in [2.05, 4.69) is 5.32 Å². The van der Waals surface area contributed by atoms with E-state index in [9.17, 15) is 9.59 Å². The van der Waals surface area contributed by atoms with Gasteiger partial charge in [-0.1, -0.05) is 17.7 Å². The van der Waals surface area contributed by atoms with Crippen molar-refractivity contribution < 1.29 is 14.3 Å². The average molecular weight is 366 g/mol. The van der Waals surface area contributed by atoms with Crippen LogP contribution in [0.25, 0.3) is 0 Å². The molecule has 0 saturated heterocycles. The van der Waals surface area contributed by atoms with Gasteiger partial charge in [0.2, 0.25) is 5.91 Å². The molecule has 1 aromatic carbocycles. The molecule has 0 radical (unpaired) electrons. The van der Waals surface area contributed by atoms with Crippen LogP contribution in [0.15, 0.2) is 35.7 Å². The molecule has 0 saturated carbocycles. The highest BCUT2D eigenvalue weighted by molar-refractivity contribution is 7.12. The molecular weight excluding hydrogens is 346 g/mol. The Morgan fingerprint density at radius 2 is 2.08 bits per heavy atom. The molecule has 0 atom stereocenters. The Kier molecular flexibility index (Phi) is 7.28. The van der Waals surface area contributed by atoms with E-state index >= 15 is 0 Å². The van der Waals surface area contributed by atoms with E-state index in [-0.39, 0.29) is 24.5 Å². The van der Waals surface area contributed by atoms with Gasteiger partial charge in [0.05, 0.1) is 11.5 Å². The smallest absolute Gasteiger partial charge is 0.220 e. The van der Waals surface area contributed by atoms with Crippen molar-refractivity contribution in [1.82, 2.24) is 5.32 Å². The normalized spacial score (nSPS) is 10.4. The summed E-state index contributed by atoms with van der Waals surface area (Å²) in [6, 6.07) is 9.09. The number of nitrogens with one attached hydrogen (secondary N) is 1. The summed E-state index contributed by atoms with van der Waals surface area (Å²) in [7, 11) is 0. The molecule has 2 rings (SSSR count). The molecule has 0 aliphatic rings. The second-order valence-electron chi connectivity index (χ2n) is 5.36. The van der Waals surface area contributed by atoms with E-state index in [0.29, 0.717) is 29.5 Å². The first kappa shape index (κ1) is 18.5. The fourth-order valence-electron chi connectivity index (χ4n) is 2.13. The summed E-state index contributed by atoms with van der Waals surface area (Å²) in [6.07, 6.45) is 1.16. The molecule has 0 bridgehead atoms. The molecule has 0 spiro atoms. The van der Waals surface area contributed by atoms with Crippen LogP contribution in [0.1, 0.15) is 34.5 Å². The number of carbonyl (C=O) groups excluding carboxylic acids is 2. The molecule has 128 valence electrons. The summed E-state index contributed by atoms with van der Waals surface area (Å²) in [6.45, 7) is 2.98. The van der Waals surface area contributed by atoms with Gasteiger partial charge in [0, 0.05) is 24.4 Å². The molecule has 0 aliphatic heterocycles. The van der Waals surface area contributed by atoms with E-state index < -0.39 is 0 Å². The van der Waals surface area contributed by atoms with Crippen molar-refractivity contribution in [2.75, 3.05) is 13.2 Å². The van der Waals surface area contributed by atoms with E-state index in [1.54, 1.807) is 12.1 Å². The zero-order valence-corrected chi connectivity index (χ0v) is 15.1. The average Bonchev–Trinajstić information content (AvgIpc) is 3.08. The number of aryl methyl sites for hydroxylation is 1. The molecule has 1 N–H and O–H groups in total. The van der Waals surface area contributed by atoms with Crippen molar-refractivity contribution >= 4 is 34.6 Å². The zero-order valence-electron chi connectivity index (χ0n) is 13.5. The van der Waals surface area contributed by atoms with Crippen LogP contribution in [0.5, 0.6) is 5.75 Å². The number of thiophene rings is 1. The minimum atomic E-state index is -0.109. The number of halogens is 1. The number of ether oxygens (including phenoxy) is 1. The van der Waals surface area contributed by atoms with Gasteiger partial charge in [-0.2, -0.15) is 0 Å². The molecule has 2 aromatic rings. The topological polar surface area (TPSA) is 55.4 Å². The van der Waals surface area contributed by atoms with Gasteiger partial charge in [-0.05, 0) is 48.6 Å². The largest absolute Gasteiger partial charge is 0.493 e. The van der Waals surface area contributed by atoms with Crippen molar-refractivity contribution in [2.24, 2.45) is 0 Å². The summed E-state index contributed by atoms with van der Waals surface area (Å²) in [4.78, 5) is 24.2. The third-order valence-electron chi connectivity index (χ3n) is 3.41. The standard InChI is InChI=1S/C18H20ClNO3S/c1-13-12-14(19)5-7-16(13)23-10-3-9-20-18(22)8-6-15(21)17-4-2-11-24-17/h2,4-5,7,11-12H,3,6,8-10H2,1H3,(H,20,22). The Morgan fingerprint density at radius 3 is 2.79 bits per heavy atom. The Hall–Kier alpha value is -1.85. The highest BCUT2D eigenvalue weighted by Crippen LogP contribution is 2.21. The van der Waals surface area contributed by atoms with Crippen LogP contribution in [0.4, 0.5) is 0 Å². The Balaban J connectivity index is 1.58. The van der Waals surface area contributed by atoms with Gasteiger partial charge in [-0.15, -0.1) is 11.3 Å². The first-order chi connectivity index (χ1) is 11.6. The summed E-state index contributed by atoms with van der Waals surface area (Å²) in [5.41, 5.74) is 0.985. The molecular formula is C18H20ClNO3S. The summed E-state index contributed by atoms with van der Waals surface area (Å²) in [5, 5.41) is 5.35. The van der Waals surface area contributed by atoms with E-state index in [1.165, 1.54) is 11.3 Å². The maximum Gasteiger partial charge on any atom is 0.220 e. The van der Waals surface area contributed by atoms with E-state index in [4.69, 9.17) is 16.3 Å². The predicted octanol–water partition coefficient (Wildman–Crippen LogP) is 4.26. The molecule has 0 fully saturated rings. The van der Waals surface area contributed by atoms with Gasteiger partial charge in [-0.3, -0.25) is 9.59 Å². The first-order valence-corrected chi connectivity index (χ1v) is 9.04. The van der Waals surface area contributed by atoms with Crippen LogP contribution in [-0.4, -0.2) is 24.8 Å². The molecule has 1 heterocycles. The first-order valence-electron chi connectivity index (χ1n) is 7.78. The molecule has 1 amide bonds. The summed E-state index contributed by atoms with van der Waals surface area (Å²) in [5.74, 6) is 0.705. The van der Waals surface area contributed by atoms with Gasteiger partial charge >= 0.3 is 0 Å². The maximum atomic E-state index is 11.8. The van der Waals surface area contributed by atoms with Crippen molar-refractivity contribution in [1.29, 1.82) is 0 Å². The third-order valence-corrected chi connectivity index (χ3v) is 4.56. The van der Waals surface area contributed by atoms with Gasteiger partial charge in [0.15, 0.2) is 5.78 Å². The minimum absolute atomic E-state index is 0.0155. The van der Waals surface area contributed by atoms with Crippen LogP contribution >= 0.6 is 22.9 Å². The Labute approximate surface area is 150 Å². The fraction of sp³-hybridized carbons (Fsp3) is 0.333. The number of amides is 1. The van der Waals surface area contributed by atoms with Crippen molar-refractivity contribution in [3.63, 3.8) is 0 Å². The Bertz CT molecular complexity index is 686. The molecule has 0 aliphatic carbocycles. The van der Waals surface area contributed by atoms with Gasteiger partial charge in [0.1, 0.15) is 5.75 Å². The molecule has 24 heavy (non-hydrogen) atoms. The monoisotopic (exact) mass is 365 g/mol. The number of hydrogen-bond donors (Lipinski definition) is 1. The van der Waals surface area contributed by atoms with Crippen molar-refractivity contribution in [3.05, 3.63) is 51.2 Å². The lowest BCUT2D eigenvalue weighted by molar-refractivity contribution is -0.121. The third kappa shape index (κ3) is 5.98. The zero-order chi connectivity index (χ0) is 17.4. The lowest BCUT2D eigenvalue weighted by Crippen LogP contribution is -2.25. The molecule has 6 heteroatoms. The highest BCUT2D eigenvalue weighted by Gasteiger charge is 2.09. The molecule has 1 aromatic heterocycles. The van der Waals surface area contributed by atoms with Gasteiger partial charge in [-0.25, -0.2) is 0 Å². The SMILES string of the molecule is Cc1cc(Cl)ccc1OCCCNC(=O)CCC(=O)c1cccs1. The second kappa shape index (κ2) is 9.45. The van der Waals surface area contributed by atoms with Crippen molar-refractivity contribution in [2.45, 2.75) is 26.2 Å². The summed E-state index contributed by atoms with van der Waals surface area (Å²) < 4.78 is 5.66. The van der Waals surface area contributed by atoms with Crippen LogP contribution in [0.2, 0.25) is 5.02 Å². The van der Waals surface area contributed by atoms with E-state index in [1.807, 2.05) is 30.5 Å². The number of Topliss-reactive ketones (excluding diaryl/α,β-unsaturated/α-hetero) is 1. The number of ketones is 1. The van der Waals surface area contributed by atoms with Crippen LogP contribution < -0.4 is 10.1 Å². The number of carbonyl (C=O) groups is 2. The lowest BCUT2D eigenvalue weighted by Gasteiger charge is -2.09. The Morgan fingerprint density at radius 1 is 1.25 bits per heavy atom. The second-order valence-corrected chi connectivity index (χ2v) is 6.75. The van der Waals surface area contributed by atoms with Gasteiger partial charge in [0.25, 0.3) is 0 Å². The van der Waals surface area contributed by atoms with Crippen LogP contribution in [0, 0.1) is 6.92 Å². The van der Waals surface area contributed by atoms with E-state index in [0.717, 1.165) is 11.3 Å². The predicted molar refractivity (Wildman–Crippen MR) is 97.2 cm³/mol. The number of benzene rings is 1. The van der Waals surface area contributed by atoms with Crippen LogP contribution in [0.3, 0.4) is 0 Å². The maximum absolute atomic E-state index is 11.8. The highest BCUT2D eigenvalue weighted by atomic mass is 35.5. The number of hydrogen-bond acceptors (Lipinski definition) is 4. The minimum Gasteiger partial charge on any atom is -0.493 e. The molecule has 0 unspecified atom stereocenters. The van der Waals surface area contributed by atoms with Crippen molar-refractivity contribution in [3.8, 4) is 5.75 Å². The fourth-order valence-corrected chi connectivity index (χ4v) is 3.05. The van der Waals surface area contributed by atoms with Gasteiger partial charge < -0.3 is 10.1 Å². The quantitative estimate of drug-likeness (QED) is 0.533. The number of rotatable bonds is 9. The summed E-state index contributed by atoms with van der Waals surface area (Å²) >= 11 is 7.29.